The molecule has 0 atom stereocenters. The summed E-state index contributed by atoms with van der Waals surface area (Å²) in [5.41, 5.74) is 0.974. The van der Waals surface area contributed by atoms with Gasteiger partial charge in [0.15, 0.2) is 0 Å². The zero-order chi connectivity index (χ0) is 14.5. The third-order valence-corrected chi connectivity index (χ3v) is 4.95. The van der Waals surface area contributed by atoms with Crippen LogP contribution < -0.4 is 0 Å². The van der Waals surface area contributed by atoms with Crippen LogP contribution in [0, 0.1) is 18.3 Å². The molecule has 104 valence electrons. The molecular weight excluding hydrogens is 264 g/mol. The van der Waals surface area contributed by atoms with Crippen LogP contribution in [0.1, 0.15) is 18.1 Å². The average Bonchev–Trinajstić information content (AvgIpc) is 2.39. The maximum absolute atomic E-state index is 12.5. The van der Waals surface area contributed by atoms with Crippen molar-refractivity contribution in [2.45, 2.75) is 18.7 Å². The van der Waals surface area contributed by atoms with Crippen molar-refractivity contribution >= 4 is 10.0 Å². The number of ether oxygens (including phenoxy) is 1. The summed E-state index contributed by atoms with van der Waals surface area (Å²) < 4.78 is 31.3. The fourth-order valence-corrected chi connectivity index (χ4v) is 3.41. The quantitative estimate of drug-likeness (QED) is 0.793. The molecule has 0 amide bonds. The lowest BCUT2D eigenvalue weighted by atomic mass is 10.2. The minimum Gasteiger partial charge on any atom is -0.383 e. The highest BCUT2D eigenvalue weighted by Gasteiger charge is 2.24. The summed E-state index contributed by atoms with van der Waals surface area (Å²) in [5.74, 6) is 0. The molecule has 0 bridgehead atoms. The summed E-state index contributed by atoms with van der Waals surface area (Å²) in [5, 5.41) is 8.88. The van der Waals surface area contributed by atoms with Gasteiger partial charge in [0.25, 0.3) is 0 Å². The molecule has 0 saturated carbocycles. The van der Waals surface area contributed by atoms with E-state index < -0.39 is 10.0 Å². The van der Waals surface area contributed by atoms with Crippen LogP contribution in [0.4, 0.5) is 0 Å². The third-order valence-electron chi connectivity index (χ3n) is 2.83. The molecule has 6 heteroatoms. The molecule has 1 rings (SSSR count). The molecule has 0 aliphatic heterocycles. The Bertz CT molecular complexity index is 576. The topological polar surface area (TPSA) is 70.4 Å². The number of methoxy groups -OCH3 is 1. The van der Waals surface area contributed by atoms with E-state index in [4.69, 9.17) is 10.00 Å². The van der Waals surface area contributed by atoms with Crippen LogP contribution in [0.5, 0.6) is 0 Å². The van der Waals surface area contributed by atoms with Gasteiger partial charge >= 0.3 is 0 Å². The molecular formula is C13H18N2O3S. The van der Waals surface area contributed by atoms with Gasteiger partial charge in [0.05, 0.1) is 23.1 Å². The molecule has 0 unspecified atom stereocenters. The van der Waals surface area contributed by atoms with Gasteiger partial charge < -0.3 is 4.74 Å². The largest absolute Gasteiger partial charge is 0.383 e. The Kier molecular flexibility index (Phi) is 5.48. The molecule has 0 N–H and O–H groups in total. The lowest BCUT2D eigenvalue weighted by Gasteiger charge is -2.21. The van der Waals surface area contributed by atoms with E-state index in [-0.39, 0.29) is 4.90 Å². The van der Waals surface area contributed by atoms with Gasteiger partial charge in [0.1, 0.15) is 0 Å². The molecule has 0 saturated heterocycles. The predicted molar refractivity (Wildman–Crippen MR) is 72.2 cm³/mol. The zero-order valence-corrected chi connectivity index (χ0v) is 12.2. The molecule has 0 spiro atoms. The number of hydrogen-bond acceptors (Lipinski definition) is 4. The molecule has 0 aliphatic rings. The first-order valence-corrected chi connectivity index (χ1v) is 7.41. The maximum Gasteiger partial charge on any atom is 0.243 e. The molecule has 0 radical (unpaired) electrons. The molecule has 1 aromatic rings. The Morgan fingerprint density at radius 1 is 1.42 bits per heavy atom. The van der Waals surface area contributed by atoms with Gasteiger partial charge in [-0.05, 0) is 24.6 Å². The number of benzene rings is 1. The number of nitrogens with zero attached hydrogens (tertiary/aromatic N) is 2. The Hall–Kier alpha value is -1.42. The maximum atomic E-state index is 12.5. The van der Waals surface area contributed by atoms with Crippen LogP contribution in [-0.2, 0) is 14.8 Å². The molecule has 0 fully saturated rings. The first-order chi connectivity index (χ1) is 8.97. The minimum absolute atomic E-state index is 0.185. The molecule has 5 nitrogen and oxygen atoms in total. The van der Waals surface area contributed by atoms with E-state index in [1.165, 1.54) is 17.5 Å². The lowest BCUT2D eigenvalue weighted by molar-refractivity contribution is 0.180. The summed E-state index contributed by atoms with van der Waals surface area (Å²) in [6, 6.07) is 6.64. The highest BCUT2D eigenvalue weighted by molar-refractivity contribution is 7.89. The summed E-state index contributed by atoms with van der Waals surface area (Å²) in [6.45, 7) is 4.49. The number of likely N-dealkylation sites (N-methyl/N-ethyl adjacent to an activating group) is 1. The van der Waals surface area contributed by atoms with Crippen molar-refractivity contribution in [3.63, 3.8) is 0 Å². The van der Waals surface area contributed by atoms with E-state index in [1.807, 2.05) is 6.07 Å². The van der Waals surface area contributed by atoms with Crippen molar-refractivity contribution in [2.24, 2.45) is 0 Å². The van der Waals surface area contributed by atoms with Crippen molar-refractivity contribution in [1.29, 1.82) is 5.26 Å². The monoisotopic (exact) mass is 282 g/mol. The Labute approximate surface area is 114 Å². The molecule has 0 aliphatic carbocycles. The number of hydrogen-bond donors (Lipinski definition) is 0. The van der Waals surface area contributed by atoms with Crippen molar-refractivity contribution in [1.82, 2.24) is 4.31 Å². The van der Waals surface area contributed by atoms with E-state index in [1.54, 1.807) is 26.0 Å². The second kappa shape index (κ2) is 6.66. The average molecular weight is 282 g/mol. The van der Waals surface area contributed by atoms with E-state index in [0.717, 1.165) is 0 Å². The van der Waals surface area contributed by atoms with Crippen molar-refractivity contribution in [2.75, 3.05) is 26.8 Å². The van der Waals surface area contributed by atoms with Gasteiger partial charge in [0, 0.05) is 20.2 Å². The van der Waals surface area contributed by atoms with Gasteiger partial charge in [-0.1, -0.05) is 13.0 Å². The Morgan fingerprint density at radius 2 is 2.11 bits per heavy atom. The summed E-state index contributed by atoms with van der Waals surface area (Å²) in [6.07, 6.45) is 0. The van der Waals surface area contributed by atoms with Crippen molar-refractivity contribution in [3.05, 3.63) is 29.3 Å². The normalized spacial score (nSPS) is 11.5. The smallest absolute Gasteiger partial charge is 0.243 e. The fraction of sp³-hybridized carbons (Fsp3) is 0.462. The van der Waals surface area contributed by atoms with E-state index in [9.17, 15) is 8.42 Å². The Balaban J connectivity index is 3.22. The summed E-state index contributed by atoms with van der Waals surface area (Å²) >= 11 is 0. The number of sulfonamides is 1. The molecule has 0 aromatic heterocycles. The van der Waals surface area contributed by atoms with Gasteiger partial charge in [-0.25, -0.2) is 8.42 Å². The van der Waals surface area contributed by atoms with E-state index in [2.05, 4.69) is 0 Å². The summed E-state index contributed by atoms with van der Waals surface area (Å²) in [4.78, 5) is 0.185. The van der Waals surface area contributed by atoms with E-state index in [0.29, 0.717) is 30.8 Å². The number of nitriles is 1. The standard InChI is InChI=1S/C13H18N2O3S/c1-4-15(7-8-18-3)19(16,17)13-9-12(10-14)6-5-11(13)2/h5-6,9H,4,7-8H2,1-3H3. The minimum atomic E-state index is -3.58. The van der Waals surface area contributed by atoms with Gasteiger partial charge in [-0.3, -0.25) is 0 Å². The number of aryl methyl sites for hydroxylation is 1. The van der Waals surface area contributed by atoms with Crippen LogP contribution in [0.25, 0.3) is 0 Å². The summed E-state index contributed by atoms with van der Waals surface area (Å²) in [7, 11) is -2.05. The predicted octanol–water partition coefficient (Wildman–Crippen LogP) is 1.52. The van der Waals surface area contributed by atoms with Gasteiger partial charge in [0.2, 0.25) is 10.0 Å². The molecule has 1 aromatic carbocycles. The highest BCUT2D eigenvalue weighted by atomic mass is 32.2. The first-order valence-electron chi connectivity index (χ1n) is 5.97. The van der Waals surface area contributed by atoms with Crippen LogP contribution >= 0.6 is 0 Å². The Morgan fingerprint density at radius 3 is 2.63 bits per heavy atom. The van der Waals surface area contributed by atoms with Crippen LogP contribution in [0.15, 0.2) is 23.1 Å². The zero-order valence-electron chi connectivity index (χ0n) is 11.4. The fourth-order valence-electron chi connectivity index (χ4n) is 1.73. The van der Waals surface area contributed by atoms with Gasteiger partial charge in [-0.2, -0.15) is 9.57 Å². The van der Waals surface area contributed by atoms with Crippen LogP contribution in [0.3, 0.4) is 0 Å². The van der Waals surface area contributed by atoms with E-state index >= 15 is 0 Å². The molecule has 19 heavy (non-hydrogen) atoms. The van der Waals surface area contributed by atoms with Crippen LogP contribution in [0.2, 0.25) is 0 Å². The highest BCUT2D eigenvalue weighted by Crippen LogP contribution is 2.21. The van der Waals surface area contributed by atoms with Crippen LogP contribution in [-0.4, -0.2) is 39.5 Å². The first kappa shape index (κ1) is 15.6. The second-order valence-corrected chi connectivity index (χ2v) is 5.99. The van der Waals surface area contributed by atoms with Crippen molar-refractivity contribution < 1.29 is 13.2 Å². The molecule has 0 heterocycles. The third kappa shape index (κ3) is 3.53. The second-order valence-electron chi connectivity index (χ2n) is 4.08. The lowest BCUT2D eigenvalue weighted by Crippen LogP contribution is -2.34. The number of rotatable bonds is 6. The SMILES string of the molecule is CCN(CCOC)S(=O)(=O)c1cc(C#N)ccc1C. The van der Waals surface area contributed by atoms with Crippen molar-refractivity contribution in [3.8, 4) is 6.07 Å². The van der Waals surface area contributed by atoms with Gasteiger partial charge in [-0.15, -0.1) is 0 Å².